The first-order valence-corrected chi connectivity index (χ1v) is 9.60. The molecule has 2 aromatic carbocycles. The molecule has 0 atom stereocenters. The van der Waals surface area contributed by atoms with E-state index in [0.717, 1.165) is 42.8 Å². The van der Waals surface area contributed by atoms with Crippen LogP contribution in [0.15, 0.2) is 58.8 Å². The first kappa shape index (κ1) is 22.1. The Morgan fingerprint density at radius 1 is 0.828 bits per heavy atom. The molecule has 29 heavy (non-hydrogen) atoms. The summed E-state index contributed by atoms with van der Waals surface area (Å²) in [5.41, 5.74) is 2.73. The van der Waals surface area contributed by atoms with Gasteiger partial charge in [-0.05, 0) is 61.2 Å². The van der Waals surface area contributed by atoms with Crippen LogP contribution in [-0.2, 0) is 16.0 Å². The Bertz CT molecular complexity index is 802. The number of rotatable bonds is 12. The third-order valence-electron chi connectivity index (χ3n) is 4.59. The third-order valence-corrected chi connectivity index (χ3v) is 4.59. The molecule has 0 spiro atoms. The van der Waals surface area contributed by atoms with E-state index in [9.17, 15) is 9.59 Å². The monoisotopic (exact) mass is 398 g/mol. The lowest BCUT2D eigenvalue weighted by Crippen LogP contribution is -2.23. The summed E-state index contributed by atoms with van der Waals surface area (Å²) in [4.78, 5) is 21.7. The molecule has 2 N–H and O–H groups in total. The molecule has 0 heterocycles. The van der Waals surface area contributed by atoms with Gasteiger partial charge in [0.1, 0.15) is 5.75 Å². The Labute approximate surface area is 170 Å². The summed E-state index contributed by atoms with van der Waals surface area (Å²) in [5, 5.41) is 26.1. The van der Waals surface area contributed by atoms with Crippen LogP contribution in [-0.4, -0.2) is 29.3 Å². The fraction of sp³-hybridized carbons (Fsp3) is 0.364. The van der Waals surface area contributed by atoms with Crippen LogP contribution in [0, 0.1) is 5.92 Å². The molecule has 2 rings (SSSR count). The van der Waals surface area contributed by atoms with Gasteiger partial charge in [0.05, 0.1) is 18.5 Å². The lowest BCUT2D eigenvalue weighted by Gasteiger charge is -2.07. The number of hydrogen-bond acceptors (Lipinski definition) is 5. The molecule has 0 fully saturated rings. The molecule has 154 valence electrons. The van der Waals surface area contributed by atoms with Crippen molar-refractivity contribution in [2.45, 2.75) is 38.5 Å². The van der Waals surface area contributed by atoms with Crippen molar-refractivity contribution in [3.8, 4) is 5.75 Å². The van der Waals surface area contributed by atoms with Crippen LogP contribution >= 0.6 is 0 Å². The van der Waals surface area contributed by atoms with Crippen LogP contribution in [0.1, 0.15) is 37.7 Å². The molecule has 7 nitrogen and oxygen atoms in total. The van der Waals surface area contributed by atoms with Crippen LogP contribution < -0.4 is 4.74 Å². The standard InChI is InChI=1S/C22H26N2O5/c1-29-19-14-12-18(13-15-19)24-23-17-10-8-16(9-11-17)6-4-2-3-5-7-20(21(25)26)22(27)28/h8-15,20H,2-7H2,1H3,(H,25,26)(H,27,28). The van der Waals surface area contributed by atoms with E-state index in [-0.39, 0.29) is 6.42 Å². The predicted molar refractivity (Wildman–Crippen MR) is 109 cm³/mol. The van der Waals surface area contributed by atoms with Crippen molar-refractivity contribution in [2.24, 2.45) is 16.1 Å². The Hall–Kier alpha value is -3.22. The highest BCUT2D eigenvalue weighted by Gasteiger charge is 2.24. The van der Waals surface area contributed by atoms with Crippen molar-refractivity contribution < 1.29 is 24.5 Å². The van der Waals surface area contributed by atoms with Crippen LogP contribution in [0.5, 0.6) is 5.75 Å². The fourth-order valence-corrected chi connectivity index (χ4v) is 2.88. The zero-order valence-electron chi connectivity index (χ0n) is 16.5. The second-order valence-corrected chi connectivity index (χ2v) is 6.75. The van der Waals surface area contributed by atoms with E-state index in [1.807, 2.05) is 48.5 Å². The molecule has 0 radical (unpaired) electrons. The molecule has 2 aromatic rings. The first-order chi connectivity index (χ1) is 14.0. The summed E-state index contributed by atoms with van der Waals surface area (Å²) < 4.78 is 5.11. The number of carboxylic acid groups (broad SMARTS) is 2. The summed E-state index contributed by atoms with van der Waals surface area (Å²) >= 11 is 0. The average molecular weight is 398 g/mol. The highest BCUT2D eigenvalue weighted by molar-refractivity contribution is 5.92. The van der Waals surface area contributed by atoms with Gasteiger partial charge in [-0.1, -0.05) is 31.4 Å². The molecule has 0 unspecified atom stereocenters. The number of benzene rings is 2. The van der Waals surface area contributed by atoms with Crippen molar-refractivity contribution in [3.05, 3.63) is 54.1 Å². The zero-order chi connectivity index (χ0) is 21.1. The molecule has 0 saturated heterocycles. The maximum atomic E-state index is 10.8. The molecule has 0 bridgehead atoms. The minimum absolute atomic E-state index is 0.179. The van der Waals surface area contributed by atoms with Crippen molar-refractivity contribution in [3.63, 3.8) is 0 Å². The molecule has 0 saturated carbocycles. The van der Waals surface area contributed by atoms with Gasteiger partial charge in [-0.25, -0.2) is 0 Å². The van der Waals surface area contributed by atoms with E-state index in [1.54, 1.807) is 7.11 Å². The number of aryl methyl sites for hydroxylation is 1. The number of carboxylic acids is 2. The van der Waals surface area contributed by atoms with Crippen LogP contribution in [0.3, 0.4) is 0 Å². The van der Waals surface area contributed by atoms with Gasteiger partial charge in [0, 0.05) is 0 Å². The number of methoxy groups -OCH3 is 1. The predicted octanol–water partition coefficient (Wildman–Crippen LogP) is 5.39. The largest absolute Gasteiger partial charge is 0.497 e. The topological polar surface area (TPSA) is 109 Å². The van der Waals surface area contributed by atoms with Gasteiger partial charge in [0.15, 0.2) is 5.92 Å². The van der Waals surface area contributed by atoms with Gasteiger partial charge in [-0.15, -0.1) is 0 Å². The normalized spacial score (nSPS) is 11.1. The molecular formula is C22H26N2O5. The molecule has 0 aliphatic carbocycles. The number of azo groups is 1. The summed E-state index contributed by atoms with van der Waals surface area (Å²) in [7, 11) is 1.62. The fourth-order valence-electron chi connectivity index (χ4n) is 2.88. The minimum atomic E-state index is -1.30. The van der Waals surface area contributed by atoms with E-state index in [0.29, 0.717) is 6.42 Å². The van der Waals surface area contributed by atoms with Gasteiger partial charge < -0.3 is 14.9 Å². The Morgan fingerprint density at radius 2 is 1.34 bits per heavy atom. The first-order valence-electron chi connectivity index (χ1n) is 9.60. The number of carbonyl (C=O) groups is 2. The van der Waals surface area contributed by atoms with Crippen molar-refractivity contribution in [1.29, 1.82) is 0 Å². The number of ether oxygens (including phenoxy) is 1. The van der Waals surface area contributed by atoms with Crippen LogP contribution in [0.4, 0.5) is 11.4 Å². The maximum Gasteiger partial charge on any atom is 0.317 e. The van der Waals surface area contributed by atoms with Crippen molar-refractivity contribution >= 4 is 23.3 Å². The van der Waals surface area contributed by atoms with Gasteiger partial charge in [-0.2, -0.15) is 10.2 Å². The number of unbranched alkanes of at least 4 members (excludes halogenated alkanes) is 3. The van der Waals surface area contributed by atoms with E-state index in [1.165, 1.54) is 5.56 Å². The molecule has 0 aliphatic rings. The maximum absolute atomic E-state index is 10.8. The third kappa shape index (κ3) is 7.73. The molecular weight excluding hydrogens is 372 g/mol. The van der Waals surface area contributed by atoms with E-state index in [2.05, 4.69) is 10.2 Å². The van der Waals surface area contributed by atoms with Crippen molar-refractivity contribution in [1.82, 2.24) is 0 Å². The Kier molecular flexibility index (Phi) is 8.82. The quantitative estimate of drug-likeness (QED) is 0.283. The van der Waals surface area contributed by atoms with E-state index < -0.39 is 17.9 Å². The second kappa shape index (κ2) is 11.6. The Balaban J connectivity index is 1.70. The van der Waals surface area contributed by atoms with Gasteiger partial charge >= 0.3 is 11.9 Å². The molecule has 7 heteroatoms. The molecule has 0 aliphatic heterocycles. The van der Waals surface area contributed by atoms with Crippen LogP contribution in [0.25, 0.3) is 0 Å². The summed E-state index contributed by atoms with van der Waals surface area (Å²) in [6, 6.07) is 15.2. The zero-order valence-corrected chi connectivity index (χ0v) is 16.5. The highest BCUT2D eigenvalue weighted by Crippen LogP contribution is 2.22. The number of hydrogen-bond donors (Lipinski definition) is 2. The SMILES string of the molecule is COc1ccc(N=Nc2ccc(CCCCCCC(C(=O)O)C(=O)O)cc2)cc1. The molecule has 0 aromatic heterocycles. The van der Waals surface area contributed by atoms with Gasteiger partial charge in [-0.3, -0.25) is 9.59 Å². The van der Waals surface area contributed by atoms with Gasteiger partial charge in [0.25, 0.3) is 0 Å². The second-order valence-electron chi connectivity index (χ2n) is 6.75. The number of aliphatic carboxylic acids is 2. The summed E-state index contributed by atoms with van der Waals surface area (Å²) in [6.07, 6.45) is 4.43. The van der Waals surface area contributed by atoms with E-state index >= 15 is 0 Å². The lowest BCUT2D eigenvalue weighted by molar-refractivity contribution is -0.154. The van der Waals surface area contributed by atoms with Crippen LogP contribution in [0.2, 0.25) is 0 Å². The van der Waals surface area contributed by atoms with Crippen molar-refractivity contribution in [2.75, 3.05) is 7.11 Å². The van der Waals surface area contributed by atoms with Gasteiger partial charge in [0.2, 0.25) is 0 Å². The van der Waals surface area contributed by atoms with E-state index in [4.69, 9.17) is 14.9 Å². The average Bonchev–Trinajstić information content (AvgIpc) is 2.72. The smallest absolute Gasteiger partial charge is 0.317 e. The Morgan fingerprint density at radius 3 is 1.86 bits per heavy atom. The lowest BCUT2D eigenvalue weighted by atomic mass is 10.00. The summed E-state index contributed by atoms with van der Waals surface area (Å²) in [6.45, 7) is 0. The highest BCUT2D eigenvalue weighted by atomic mass is 16.5. The molecule has 0 amide bonds. The minimum Gasteiger partial charge on any atom is -0.497 e. The summed E-state index contributed by atoms with van der Waals surface area (Å²) in [5.74, 6) is -3.05. The number of nitrogens with zero attached hydrogens (tertiary/aromatic N) is 2.